The average molecular weight is 325 g/mol. The van der Waals surface area contributed by atoms with Crippen LogP contribution in [0.4, 0.5) is 4.39 Å². The summed E-state index contributed by atoms with van der Waals surface area (Å²) < 4.78 is 19.3. The summed E-state index contributed by atoms with van der Waals surface area (Å²) in [6.45, 7) is 4.90. The molecule has 0 saturated carbocycles. The third-order valence-corrected chi connectivity index (χ3v) is 4.24. The predicted octanol–water partition coefficient (Wildman–Crippen LogP) is 4.05. The van der Waals surface area contributed by atoms with Gasteiger partial charge in [0.15, 0.2) is 0 Å². The lowest BCUT2D eigenvalue weighted by atomic mass is 10.1. The minimum Gasteiger partial charge on any atom is -0.490 e. The van der Waals surface area contributed by atoms with Crippen LogP contribution in [0.3, 0.4) is 0 Å². The van der Waals surface area contributed by atoms with Crippen LogP contribution in [0.15, 0.2) is 61.2 Å². The Balaban J connectivity index is 1.59. The van der Waals surface area contributed by atoms with Gasteiger partial charge in [0.25, 0.3) is 0 Å². The first-order valence-corrected chi connectivity index (χ1v) is 8.10. The summed E-state index contributed by atoms with van der Waals surface area (Å²) in [5.74, 6) is 0.533. The van der Waals surface area contributed by atoms with Gasteiger partial charge in [-0.25, -0.2) is 4.39 Å². The molecule has 3 nitrogen and oxygen atoms in total. The van der Waals surface area contributed by atoms with Crippen molar-refractivity contribution in [1.82, 2.24) is 4.90 Å². The first-order valence-electron chi connectivity index (χ1n) is 8.10. The number of carbonyl (C=O) groups is 1. The van der Waals surface area contributed by atoms with E-state index in [1.54, 1.807) is 11.0 Å². The van der Waals surface area contributed by atoms with Crippen LogP contribution >= 0.6 is 0 Å². The fourth-order valence-corrected chi connectivity index (χ4v) is 2.91. The second-order valence-corrected chi connectivity index (χ2v) is 5.88. The molecule has 0 radical (unpaired) electrons. The Kier molecular flexibility index (Phi) is 4.94. The minimum atomic E-state index is -0.242. The summed E-state index contributed by atoms with van der Waals surface area (Å²) in [5.41, 5.74) is 1.80. The van der Waals surface area contributed by atoms with Crippen LogP contribution in [-0.2, 0) is 4.79 Å². The SMILES string of the molecule is C=CC(=O)N1CCC(Oc2ccc(-c3cccc(F)c3)cc2)CC1. The molecule has 1 fully saturated rings. The highest BCUT2D eigenvalue weighted by Gasteiger charge is 2.22. The third-order valence-electron chi connectivity index (χ3n) is 4.24. The number of halogens is 1. The standard InChI is InChI=1S/C20H20FNO2/c1-2-20(23)22-12-10-19(11-13-22)24-18-8-6-15(7-9-18)16-4-3-5-17(21)14-16/h2-9,14,19H,1,10-13H2. The van der Waals surface area contributed by atoms with Crippen LogP contribution < -0.4 is 4.74 Å². The molecule has 124 valence electrons. The Labute approximate surface area is 141 Å². The summed E-state index contributed by atoms with van der Waals surface area (Å²) in [6.07, 6.45) is 3.09. The molecule has 3 rings (SSSR count). The van der Waals surface area contributed by atoms with Crippen LogP contribution in [0, 0.1) is 5.82 Å². The first kappa shape index (κ1) is 16.2. The predicted molar refractivity (Wildman–Crippen MR) is 92.3 cm³/mol. The van der Waals surface area contributed by atoms with Crippen molar-refractivity contribution in [3.05, 3.63) is 67.0 Å². The van der Waals surface area contributed by atoms with Gasteiger partial charge in [-0.1, -0.05) is 30.8 Å². The fourth-order valence-electron chi connectivity index (χ4n) is 2.91. The number of hydrogen-bond donors (Lipinski definition) is 0. The van der Waals surface area contributed by atoms with Crippen molar-refractivity contribution in [3.63, 3.8) is 0 Å². The van der Waals surface area contributed by atoms with E-state index in [0.717, 1.165) is 29.7 Å². The van der Waals surface area contributed by atoms with Gasteiger partial charge in [-0.3, -0.25) is 4.79 Å². The van der Waals surface area contributed by atoms with Crippen molar-refractivity contribution in [2.45, 2.75) is 18.9 Å². The lowest BCUT2D eigenvalue weighted by molar-refractivity contribution is -0.127. The van der Waals surface area contributed by atoms with E-state index >= 15 is 0 Å². The van der Waals surface area contributed by atoms with E-state index in [1.807, 2.05) is 30.3 Å². The van der Waals surface area contributed by atoms with Crippen molar-refractivity contribution in [2.24, 2.45) is 0 Å². The number of hydrogen-bond acceptors (Lipinski definition) is 2. The number of likely N-dealkylation sites (tertiary alicyclic amines) is 1. The number of piperidine rings is 1. The lowest BCUT2D eigenvalue weighted by Gasteiger charge is -2.31. The van der Waals surface area contributed by atoms with Crippen LogP contribution in [0.5, 0.6) is 5.75 Å². The Morgan fingerprint density at radius 3 is 2.46 bits per heavy atom. The van der Waals surface area contributed by atoms with Gasteiger partial charge >= 0.3 is 0 Å². The number of amides is 1. The Hall–Kier alpha value is -2.62. The van der Waals surface area contributed by atoms with E-state index in [0.29, 0.717) is 13.1 Å². The molecule has 1 aliphatic rings. The van der Waals surface area contributed by atoms with Crippen LogP contribution in [-0.4, -0.2) is 30.0 Å². The monoisotopic (exact) mass is 325 g/mol. The van der Waals surface area contributed by atoms with Gasteiger partial charge in [-0.05, 0) is 41.5 Å². The maximum absolute atomic E-state index is 13.3. The molecule has 2 aromatic carbocycles. The molecule has 0 spiro atoms. The van der Waals surface area contributed by atoms with Crippen molar-refractivity contribution in [2.75, 3.05) is 13.1 Å². The zero-order chi connectivity index (χ0) is 16.9. The average Bonchev–Trinajstić information content (AvgIpc) is 2.62. The molecule has 1 saturated heterocycles. The van der Waals surface area contributed by atoms with E-state index in [2.05, 4.69) is 6.58 Å². The van der Waals surface area contributed by atoms with Crippen molar-refractivity contribution >= 4 is 5.91 Å². The number of carbonyl (C=O) groups excluding carboxylic acids is 1. The zero-order valence-corrected chi connectivity index (χ0v) is 13.5. The molecular weight excluding hydrogens is 305 g/mol. The van der Waals surface area contributed by atoms with Crippen LogP contribution in [0.2, 0.25) is 0 Å². The highest BCUT2D eigenvalue weighted by Crippen LogP contribution is 2.25. The quantitative estimate of drug-likeness (QED) is 0.794. The maximum atomic E-state index is 13.3. The fraction of sp³-hybridized carbons (Fsp3) is 0.250. The van der Waals surface area contributed by atoms with Gasteiger partial charge in [0.05, 0.1) is 0 Å². The molecule has 0 N–H and O–H groups in total. The molecule has 2 aromatic rings. The first-order chi connectivity index (χ1) is 11.7. The van der Waals surface area contributed by atoms with E-state index in [1.165, 1.54) is 18.2 Å². The molecule has 0 atom stereocenters. The van der Waals surface area contributed by atoms with Gasteiger partial charge in [0.1, 0.15) is 17.7 Å². The molecule has 0 unspecified atom stereocenters. The molecule has 1 aliphatic heterocycles. The van der Waals surface area contributed by atoms with Crippen LogP contribution in [0.1, 0.15) is 12.8 Å². The van der Waals surface area contributed by atoms with Gasteiger partial charge in [0, 0.05) is 25.9 Å². The summed E-state index contributed by atoms with van der Waals surface area (Å²) in [7, 11) is 0. The van der Waals surface area contributed by atoms with E-state index < -0.39 is 0 Å². The molecular formula is C20H20FNO2. The zero-order valence-electron chi connectivity index (χ0n) is 13.5. The molecule has 0 bridgehead atoms. The molecule has 0 aromatic heterocycles. The van der Waals surface area contributed by atoms with Crippen molar-refractivity contribution in [1.29, 1.82) is 0 Å². The van der Waals surface area contributed by atoms with Crippen molar-refractivity contribution in [3.8, 4) is 16.9 Å². The molecule has 0 aliphatic carbocycles. The summed E-state index contributed by atoms with van der Waals surface area (Å²) in [4.78, 5) is 13.4. The van der Waals surface area contributed by atoms with Crippen LogP contribution in [0.25, 0.3) is 11.1 Å². The van der Waals surface area contributed by atoms with Gasteiger partial charge in [0.2, 0.25) is 5.91 Å². The second kappa shape index (κ2) is 7.30. The van der Waals surface area contributed by atoms with E-state index in [4.69, 9.17) is 4.74 Å². The second-order valence-electron chi connectivity index (χ2n) is 5.88. The van der Waals surface area contributed by atoms with Gasteiger partial charge in [-0.2, -0.15) is 0 Å². The Morgan fingerprint density at radius 2 is 1.83 bits per heavy atom. The summed E-state index contributed by atoms with van der Waals surface area (Å²) in [6, 6.07) is 14.2. The largest absolute Gasteiger partial charge is 0.490 e. The number of benzene rings is 2. The van der Waals surface area contributed by atoms with E-state index in [-0.39, 0.29) is 17.8 Å². The molecule has 24 heavy (non-hydrogen) atoms. The summed E-state index contributed by atoms with van der Waals surface area (Å²) >= 11 is 0. The topological polar surface area (TPSA) is 29.5 Å². The number of nitrogens with zero attached hydrogens (tertiary/aromatic N) is 1. The van der Waals surface area contributed by atoms with Gasteiger partial charge in [-0.15, -0.1) is 0 Å². The summed E-state index contributed by atoms with van der Waals surface area (Å²) in [5, 5.41) is 0. The molecule has 1 heterocycles. The third kappa shape index (κ3) is 3.82. The molecule has 1 amide bonds. The van der Waals surface area contributed by atoms with E-state index in [9.17, 15) is 9.18 Å². The normalized spacial score (nSPS) is 15.1. The van der Waals surface area contributed by atoms with Gasteiger partial charge < -0.3 is 9.64 Å². The lowest BCUT2D eigenvalue weighted by Crippen LogP contribution is -2.41. The number of ether oxygens (including phenoxy) is 1. The maximum Gasteiger partial charge on any atom is 0.245 e. The van der Waals surface area contributed by atoms with Crippen molar-refractivity contribution < 1.29 is 13.9 Å². The minimum absolute atomic E-state index is 0.0205. The highest BCUT2D eigenvalue weighted by molar-refractivity contribution is 5.87. The Morgan fingerprint density at radius 1 is 1.12 bits per heavy atom. The molecule has 4 heteroatoms. The number of rotatable bonds is 4. The highest BCUT2D eigenvalue weighted by atomic mass is 19.1. The smallest absolute Gasteiger partial charge is 0.245 e. The Bertz CT molecular complexity index is 719.